The van der Waals surface area contributed by atoms with Gasteiger partial charge in [0.2, 0.25) is 0 Å². The molecule has 4 heteroatoms. The lowest BCUT2D eigenvalue weighted by Crippen LogP contribution is -2.43. The molecule has 0 aliphatic carbocycles. The number of amides is 2. The first-order valence-electron chi connectivity index (χ1n) is 5.05. The Morgan fingerprint density at radius 2 is 2.14 bits per heavy atom. The van der Waals surface area contributed by atoms with Crippen molar-refractivity contribution in [1.82, 2.24) is 9.80 Å². The molecule has 2 amide bonds. The van der Waals surface area contributed by atoms with Crippen LogP contribution in [-0.2, 0) is 0 Å². The van der Waals surface area contributed by atoms with E-state index in [0.717, 1.165) is 25.9 Å². The quantitative estimate of drug-likeness (QED) is 0.669. The van der Waals surface area contributed by atoms with E-state index in [4.69, 9.17) is 5.26 Å². The average Bonchev–Trinajstić information content (AvgIpc) is 2.68. The van der Waals surface area contributed by atoms with Gasteiger partial charge in [0.25, 0.3) is 0 Å². The number of carbonyl (C=O) groups excluding carboxylic acids is 1. The third-order valence-electron chi connectivity index (χ3n) is 2.73. The molecule has 0 saturated carbocycles. The minimum absolute atomic E-state index is 0.00750. The van der Waals surface area contributed by atoms with Gasteiger partial charge in [0.05, 0.1) is 12.5 Å². The summed E-state index contributed by atoms with van der Waals surface area (Å²) >= 11 is 0. The van der Waals surface area contributed by atoms with Crippen LogP contribution < -0.4 is 0 Å². The zero-order valence-corrected chi connectivity index (χ0v) is 8.86. The predicted octanol–water partition coefficient (Wildman–Crippen LogP) is 1.44. The number of hydrogen-bond donors (Lipinski definition) is 0. The Kier molecular flexibility index (Phi) is 3.75. The van der Waals surface area contributed by atoms with Gasteiger partial charge < -0.3 is 9.80 Å². The summed E-state index contributed by atoms with van der Waals surface area (Å²) in [4.78, 5) is 15.3. The van der Waals surface area contributed by atoms with Gasteiger partial charge in [-0.05, 0) is 19.8 Å². The van der Waals surface area contributed by atoms with E-state index >= 15 is 0 Å². The number of nitriles is 1. The Hall–Kier alpha value is -1.24. The number of urea groups is 1. The van der Waals surface area contributed by atoms with Crippen LogP contribution >= 0.6 is 0 Å². The summed E-state index contributed by atoms with van der Waals surface area (Å²) in [5, 5.41) is 8.53. The van der Waals surface area contributed by atoms with Crippen molar-refractivity contribution in [3.05, 3.63) is 0 Å². The summed E-state index contributed by atoms with van der Waals surface area (Å²) in [5.74, 6) is 0. The molecule has 0 N–H and O–H groups in total. The van der Waals surface area contributed by atoms with Gasteiger partial charge >= 0.3 is 6.03 Å². The van der Waals surface area contributed by atoms with Crippen LogP contribution in [0.15, 0.2) is 0 Å². The van der Waals surface area contributed by atoms with Crippen molar-refractivity contribution in [3.63, 3.8) is 0 Å². The summed E-state index contributed by atoms with van der Waals surface area (Å²) in [6, 6.07) is 2.15. The third-order valence-corrected chi connectivity index (χ3v) is 2.73. The van der Waals surface area contributed by atoms with Crippen LogP contribution in [0, 0.1) is 11.3 Å². The molecule has 0 bridgehead atoms. The zero-order valence-electron chi connectivity index (χ0n) is 8.86. The van der Waals surface area contributed by atoms with Crippen molar-refractivity contribution < 1.29 is 4.79 Å². The fourth-order valence-corrected chi connectivity index (χ4v) is 1.59. The van der Waals surface area contributed by atoms with E-state index in [2.05, 4.69) is 6.07 Å². The molecule has 1 unspecified atom stereocenters. The van der Waals surface area contributed by atoms with E-state index in [9.17, 15) is 4.79 Å². The largest absolute Gasteiger partial charge is 0.325 e. The molecule has 1 atom stereocenters. The van der Waals surface area contributed by atoms with Crippen molar-refractivity contribution in [1.29, 1.82) is 5.26 Å². The standard InChI is InChI=1S/C10H17N3O/c1-9(5-6-11)12(2)10(14)13-7-3-4-8-13/h9H,3-5,7-8H2,1-2H3. The summed E-state index contributed by atoms with van der Waals surface area (Å²) < 4.78 is 0. The molecule has 0 radical (unpaired) electrons. The Balaban J connectivity index is 2.47. The van der Waals surface area contributed by atoms with Gasteiger partial charge in [0.1, 0.15) is 0 Å². The molecular formula is C10H17N3O. The molecule has 78 valence electrons. The van der Waals surface area contributed by atoms with E-state index in [1.165, 1.54) is 0 Å². The summed E-state index contributed by atoms with van der Waals surface area (Å²) in [7, 11) is 1.77. The Bertz CT molecular complexity index is 240. The minimum Gasteiger partial charge on any atom is -0.325 e. The van der Waals surface area contributed by atoms with Gasteiger partial charge in [-0.1, -0.05) is 0 Å². The van der Waals surface area contributed by atoms with E-state index < -0.39 is 0 Å². The summed E-state index contributed by atoms with van der Waals surface area (Å²) in [6.07, 6.45) is 2.61. The maximum atomic E-state index is 11.8. The van der Waals surface area contributed by atoms with Crippen molar-refractivity contribution in [2.75, 3.05) is 20.1 Å². The van der Waals surface area contributed by atoms with Gasteiger partial charge in [0, 0.05) is 26.2 Å². The highest BCUT2D eigenvalue weighted by molar-refractivity contribution is 5.74. The Morgan fingerprint density at radius 1 is 1.57 bits per heavy atom. The maximum Gasteiger partial charge on any atom is 0.320 e. The monoisotopic (exact) mass is 195 g/mol. The molecule has 14 heavy (non-hydrogen) atoms. The van der Waals surface area contributed by atoms with Crippen LogP contribution in [-0.4, -0.2) is 42.0 Å². The molecule has 0 aromatic heterocycles. The van der Waals surface area contributed by atoms with E-state index in [1.54, 1.807) is 11.9 Å². The van der Waals surface area contributed by atoms with Crippen LogP contribution in [0.4, 0.5) is 4.79 Å². The first-order valence-corrected chi connectivity index (χ1v) is 5.05. The second-order valence-electron chi connectivity index (χ2n) is 3.80. The van der Waals surface area contributed by atoms with E-state index in [1.807, 2.05) is 11.8 Å². The van der Waals surface area contributed by atoms with Crippen molar-refractivity contribution in [2.45, 2.75) is 32.2 Å². The molecule has 1 aliphatic rings. The molecule has 1 saturated heterocycles. The van der Waals surface area contributed by atoms with Crippen LogP contribution in [0.3, 0.4) is 0 Å². The zero-order chi connectivity index (χ0) is 10.6. The number of carbonyl (C=O) groups is 1. The molecule has 1 rings (SSSR count). The van der Waals surface area contributed by atoms with Crippen LogP contribution in [0.1, 0.15) is 26.2 Å². The van der Waals surface area contributed by atoms with Crippen molar-refractivity contribution >= 4 is 6.03 Å². The fraction of sp³-hybridized carbons (Fsp3) is 0.800. The number of rotatable bonds is 2. The lowest BCUT2D eigenvalue weighted by atomic mass is 10.2. The minimum atomic E-state index is 0.00750. The second kappa shape index (κ2) is 4.85. The first-order chi connectivity index (χ1) is 6.66. The van der Waals surface area contributed by atoms with Crippen LogP contribution in [0.2, 0.25) is 0 Å². The SMILES string of the molecule is CC(CC#N)N(C)C(=O)N1CCCC1. The van der Waals surface area contributed by atoms with Gasteiger partial charge in [0.15, 0.2) is 0 Å². The van der Waals surface area contributed by atoms with Gasteiger partial charge in [-0.3, -0.25) is 0 Å². The molecular weight excluding hydrogens is 178 g/mol. The molecule has 1 aliphatic heterocycles. The highest BCUT2D eigenvalue weighted by atomic mass is 16.2. The smallest absolute Gasteiger partial charge is 0.320 e. The second-order valence-corrected chi connectivity index (χ2v) is 3.80. The molecule has 1 fully saturated rings. The van der Waals surface area contributed by atoms with Crippen molar-refractivity contribution in [3.8, 4) is 6.07 Å². The number of hydrogen-bond acceptors (Lipinski definition) is 2. The van der Waals surface area contributed by atoms with E-state index in [0.29, 0.717) is 6.42 Å². The predicted molar refractivity (Wildman–Crippen MR) is 53.7 cm³/mol. The summed E-state index contributed by atoms with van der Waals surface area (Å²) in [6.45, 7) is 3.63. The molecule has 4 nitrogen and oxygen atoms in total. The van der Waals surface area contributed by atoms with Gasteiger partial charge in [-0.25, -0.2) is 4.79 Å². The summed E-state index contributed by atoms with van der Waals surface area (Å²) in [5.41, 5.74) is 0. The van der Waals surface area contributed by atoms with Crippen molar-refractivity contribution in [2.24, 2.45) is 0 Å². The topological polar surface area (TPSA) is 47.3 Å². The van der Waals surface area contributed by atoms with E-state index in [-0.39, 0.29) is 12.1 Å². The Morgan fingerprint density at radius 3 is 2.64 bits per heavy atom. The number of likely N-dealkylation sites (tertiary alicyclic amines) is 1. The van der Waals surface area contributed by atoms with Gasteiger partial charge in [-0.15, -0.1) is 0 Å². The lowest BCUT2D eigenvalue weighted by Gasteiger charge is -2.28. The number of nitrogens with zero attached hydrogens (tertiary/aromatic N) is 3. The van der Waals surface area contributed by atoms with Crippen LogP contribution in [0.5, 0.6) is 0 Å². The lowest BCUT2D eigenvalue weighted by molar-refractivity contribution is 0.159. The highest BCUT2D eigenvalue weighted by Gasteiger charge is 2.23. The molecule has 0 spiro atoms. The molecule has 0 aromatic carbocycles. The normalized spacial score (nSPS) is 17.6. The molecule has 0 aromatic rings. The first kappa shape index (κ1) is 10.8. The maximum absolute atomic E-state index is 11.8. The third kappa shape index (κ3) is 2.38. The molecule has 1 heterocycles. The average molecular weight is 195 g/mol. The fourth-order valence-electron chi connectivity index (χ4n) is 1.59. The van der Waals surface area contributed by atoms with Crippen LogP contribution in [0.25, 0.3) is 0 Å². The van der Waals surface area contributed by atoms with Gasteiger partial charge in [-0.2, -0.15) is 5.26 Å². The highest BCUT2D eigenvalue weighted by Crippen LogP contribution is 2.12. The Labute approximate surface area is 85.1 Å².